The molecule has 0 saturated carbocycles. The fourth-order valence-corrected chi connectivity index (χ4v) is 2.54. The van der Waals surface area contributed by atoms with Crippen LogP contribution in [0.5, 0.6) is 11.5 Å². The van der Waals surface area contributed by atoms with Crippen molar-refractivity contribution in [2.45, 2.75) is 19.8 Å². The van der Waals surface area contributed by atoms with Gasteiger partial charge in [0.15, 0.2) is 6.79 Å². The zero-order chi connectivity index (χ0) is 19.6. The number of hydrogen-bond acceptors (Lipinski definition) is 5. The van der Waals surface area contributed by atoms with Gasteiger partial charge in [-0.15, -0.1) is 6.42 Å². The maximum Gasteiger partial charge on any atom is 0.338 e. The lowest BCUT2D eigenvalue weighted by molar-refractivity contribution is 0.0513. The van der Waals surface area contributed by atoms with Crippen molar-refractivity contribution in [3.05, 3.63) is 47.5 Å². The van der Waals surface area contributed by atoms with Gasteiger partial charge in [-0.1, -0.05) is 25.3 Å². The van der Waals surface area contributed by atoms with Crippen molar-refractivity contribution < 1.29 is 23.7 Å². The van der Waals surface area contributed by atoms with Crippen molar-refractivity contribution in [1.82, 2.24) is 0 Å². The summed E-state index contributed by atoms with van der Waals surface area (Å²) in [5.41, 5.74) is 2.35. The van der Waals surface area contributed by atoms with Gasteiger partial charge in [0.05, 0.1) is 19.3 Å². The highest BCUT2D eigenvalue weighted by Crippen LogP contribution is 2.36. The first kappa shape index (κ1) is 20.3. The van der Waals surface area contributed by atoms with Gasteiger partial charge >= 0.3 is 5.97 Å². The lowest BCUT2D eigenvalue weighted by Crippen LogP contribution is -2.06. The average Bonchev–Trinajstić information content (AvgIpc) is 2.71. The van der Waals surface area contributed by atoms with Crippen molar-refractivity contribution in [3.8, 4) is 35.0 Å². The Morgan fingerprint density at radius 1 is 1.07 bits per heavy atom. The molecule has 2 aromatic rings. The van der Waals surface area contributed by atoms with E-state index in [1.165, 1.54) is 7.11 Å². The first-order valence-electron chi connectivity index (χ1n) is 8.72. The Labute approximate surface area is 160 Å². The first-order chi connectivity index (χ1) is 13.1. The van der Waals surface area contributed by atoms with E-state index in [0.717, 1.165) is 18.4 Å². The van der Waals surface area contributed by atoms with E-state index < -0.39 is 5.97 Å². The number of carbonyl (C=O) groups is 1. The van der Waals surface area contributed by atoms with Crippen LogP contribution in [0.15, 0.2) is 36.4 Å². The second kappa shape index (κ2) is 10.2. The molecule has 0 saturated heterocycles. The van der Waals surface area contributed by atoms with Crippen LogP contribution in [0.25, 0.3) is 11.1 Å². The minimum Gasteiger partial charge on any atom is -0.493 e. The third-order valence-electron chi connectivity index (χ3n) is 3.93. The molecule has 0 aromatic heterocycles. The van der Waals surface area contributed by atoms with Crippen LogP contribution in [0, 0.1) is 12.3 Å². The molecule has 0 heterocycles. The Hall–Kier alpha value is -2.97. The Balaban J connectivity index is 2.49. The summed E-state index contributed by atoms with van der Waals surface area (Å²) in [6.07, 6.45) is 7.48. The summed E-state index contributed by atoms with van der Waals surface area (Å²) in [4.78, 5) is 12.3. The minimum atomic E-state index is -0.469. The molecule has 2 aromatic carbocycles. The summed E-state index contributed by atoms with van der Waals surface area (Å²) in [6.45, 7) is 2.80. The van der Waals surface area contributed by atoms with Gasteiger partial charge in [0.1, 0.15) is 11.5 Å². The van der Waals surface area contributed by atoms with Crippen molar-refractivity contribution >= 4 is 5.97 Å². The quantitative estimate of drug-likeness (QED) is 0.286. The predicted molar refractivity (Wildman–Crippen MR) is 104 cm³/mol. The number of benzene rings is 2. The Bertz CT molecular complexity index is 820. The fourth-order valence-electron chi connectivity index (χ4n) is 2.54. The molecule has 0 fully saturated rings. The molecule has 0 aliphatic heterocycles. The maximum atomic E-state index is 12.3. The lowest BCUT2D eigenvalue weighted by atomic mass is 9.96. The summed E-state index contributed by atoms with van der Waals surface area (Å²) < 4.78 is 21.4. The minimum absolute atomic E-state index is 0.0708. The molecule has 0 amide bonds. The highest BCUT2D eigenvalue weighted by molar-refractivity contribution is 5.98. The molecule has 27 heavy (non-hydrogen) atoms. The van der Waals surface area contributed by atoms with Crippen molar-refractivity contribution in [1.29, 1.82) is 0 Å². The van der Waals surface area contributed by atoms with E-state index in [9.17, 15) is 4.79 Å². The van der Waals surface area contributed by atoms with E-state index in [1.54, 1.807) is 31.4 Å². The monoisotopic (exact) mass is 368 g/mol. The average molecular weight is 368 g/mol. The second-order valence-corrected chi connectivity index (χ2v) is 5.81. The maximum absolute atomic E-state index is 12.3. The van der Waals surface area contributed by atoms with Gasteiger partial charge in [-0.05, 0) is 36.2 Å². The van der Waals surface area contributed by atoms with Crippen LogP contribution >= 0.6 is 0 Å². The number of methoxy groups -OCH3 is 2. The van der Waals surface area contributed by atoms with Crippen LogP contribution in [-0.4, -0.2) is 33.6 Å². The predicted octanol–water partition coefficient (Wildman–Crippen LogP) is 4.28. The highest BCUT2D eigenvalue weighted by Gasteiger charge is 2.18. The van der Waals surface area contributed by atoms with Crippen LogP contribution in [0.3, 0.4) is 0 Å². The molecular weight excluding hydrogens is 344 g/mol. The van der Waals surface area contributed by atoms with Gasteiger partial charge in [-0.25, -0.2) is 4.79 Å². The van der Waals surface area contributed by atoms with E-state index >= 15 is 0 Å². The second-order valence-electron chi connectivity index (χ2n) is 5.81. The summed E-state index contributed by atoms with van der Waals surface area (Å²) in [6, 6.07) is 10.7. The van der Waals surface area contributed by atoms with Crippen molar-refractivity contribution in [2.75, 3.05) is 27.6 Å². The molecule has 5 nitrogen and oxygen atoms in total. The van der Waals surface area contributed by atoms with Crippen LogP contribution in [0.2, 0.25) is 0 Å². The molecule has 0 radical (unpaired) electrons. The molecule has 0 N–H and O–H groups in total. The zero-order valence-corrected chi connectivity index (χ0v) is 15.9. The van der Waals surface area contributed by atoms with E-state index in [2.05, 4.69) is 12.8 Å². The summed E-state index contributed by atoms with van der Waals surface area (Å²) in [5, 5.41) is 0. The first-order valence-corrected chi connectivity index (χ1v) is 8.72. The zero-order valence-electron chi connectivity index (χ0n) is 15.9. The molecule has 142 valence electrons. The summed E-state index contributed by atoms with van der Waals surface area (Å²) >= 11 is 0. The van der Waals surface area contributed by atoms with Gasteiger partial charge in [0.2, 0.25) is 0 Å². The van der Waals surface area contributed by atoms with Gasteiger partial charge < -0.3 is 18.9 Å². The van der Waals surface area contributed by atoms with E-state index in [1.807, 2.05) is 12.1 Å². The Morgan fingerprint density at radius 3 is 2.52 bits per heavy atom. The summed E-state index contributed by atoms with van der Waals surface area (Å²) in [5.74, 6) is 3.30. The van der Waals surface area contributed by atoms with Gasteiger partial charge in [-0.3, -0.25) is 0 Å². The van der Waals surface area contributed by atoms with E-state index in [0.29, 0.717) is 34.8 Å². The number of carbonyl (C=O) groups excluding carboxylic acids is 1. The number of unbranched alkanes of at least 4 members (excludes halogenated alkanes) is 1. The molecular formula is C22H24O5. The van der Waals surface area contributed by atoms with Gasteiger partial charge in [0, 0.05) is 24.3 Å². The standard InChI is InChI=1S/C22H24O5/c1-5-7-12-26-17-9-11-19(21(14-17)27-15-24-3)18-10-8-16(6-2)13-20(18)22(23)25-4/h2,8-11,13-14H,5,7,12,15H2,1,3-4H3. The number of ether oxygens (including phenoxy) is 4. The van der Waals surface area contributed by atoms with E-state index in [-0.39, 0.29) is 6.79 Å². The molecule has 0 bridgehead atoms. The smallest absolute Gasteiger partial charge is 0.338 e. The molecule has 0 atom stereocenters. The Kier molecular flexibility index (Phi) is 7.72. The van der Waals surface area contributed by atoms with Crippen molar-refractivity contribution in [2.24, 2.45) is 0 Å². The molecule has 0 unspecified atom stereocenters. The van der Waals surface area contributed by atoms with Crippen LogP contribution < -0.4 is 9.47 Å². The molecule has 0 aliphatic rings. The van der Waals surface area contributed by atoms with E-state index in [4.69, 9.17) is 25.4 Å². The largest absolute Gasteiger partial charge is 0.493 e. The summed E-state index contributed by atoms with van der Waals surface area (Å²) in [7, 11) is 2.88. The molecule has 2 rings (SSSR count). The highest BCUT2D eigenvalue weighted by atomic mass is 16.7. The van der Waals surface area contributed by atoms with Crippen LogP contribution in [0.1, 0.15) is 35.7 Å². The van der Waals surface area contributed by atoms with Crippen molar-refractivity contribution in [3.63, 3.8) is 0 Å². The lowest BCUT2D eigenvalue weighted by Gasteiger charge is -2.16. The third-order valence-corrected chi connectivity index (χ3v) is 3.93. The van der Waals surface area contributed by atoms with Gasteiger partial charge in [0.25, 0.3) is 0 Å². The normalized spacial score (nSPS) is 10.1. The molecule has 5 heteroatoms. The SMILES string of the molecule is C#Cc1ccc(-c2ccc(OCCCC)cc2OCOC)c(C(=O)OC)c1. The number of rotatable bonds is 9. The fraction of sp³-hybridized carbons (Fsp3) is 0.318. The van der Waals surface area contributed by atoms with Crippen LogP contribution in [0.4, 0.5) is 0 Å². The van der Waals surface area contributed by atoms with Gasteiger partial charge in [-0.2, -0.15) is 0 Å². The third kappa shape index (κ3) is 5.25. The Morgan fingerprint density at radius 2 is 1.85 bits per heavy atom. The number of terminal acetylenes is 1. The molecule has 0 aliphatic carbocycles. The van der Waals surface area contributed by atoms with Crippen LogP contribution in [-0.2, 0) is 9.47 Å². The number of hydrogen-bond donors (Lipinski definition) is 0. The topological polar surface area (TPSA) is 54.0 Å². The molecule has 0 spiro atoms. The number of esters is 1.